The monoisotopic (exact) mass is 321 g/mol. The Morgan fingerprint density at radius 3 is 2.75 bits per heavy atom. The van der Waals surface area contributed by atoms with Gasteiger partial charge in [0, 0.05) is 11.9 Å². The summed E-state index contributed by atoms with van der Waals surface area (Å²) in [6.45, 7) is 0. The van der Waals surface area contributed by atoms with Crippen LogP contribution in [0.25, 0.3) is 16.6 Å². The molecule has 118 valence electrons. The molecule has 2 heterocycles. The van der Waals surface area contributed by atoms with Crippen LogP contribution >= 0.6 is 0 Å². The standard InChI is InChI=1S/C18H12FN3O2/c19-12-3-1-4-13(10-12)20-17-16-5-2-8-22(16)15-7-6-11(18(23)24)9-14(15)21-17/h1-10H,(H,20,21)(H,23,24). The van der Waals surface area contributed by atoms with Crippen molar-refractivity contribution in [1.29, 1.82) is 0 Å². The molecule has 0 aliphatic heterocycles. The second-order valence-electron chi connectivity index (χ2n) is 5.37. The van der Waals surface area contributed by atoms with Crippen molar-refractivity contribution in [2.75, 3.05) is 5.32 Å². The van der Waals surface area contributed by atoms with Crippen LogP contribution in [0.4, 0.5) is 15.9 Å². The van der Waals surface area contributed by atoms with E-state index in [0.29, 0.717) is 17.0 Å². The summed E-state index contributed by atoms with van der Waals surface area (Å²) in [5.41, 5.74) is 2.88. The summed E-state index contributed by atoms with van der Waals surface area (Å²) in [4.78, 5) is 15.7. The predicted octanol–water partition coefficient (Wildman–Crippen LogP) is 4.07. The number of benzene rings is 2. The Balaban J connectivity index is 1.92. The number of halogens is 1. The van der Waals surface area contributed by atoms with Crippen LogP contribution in [0.2, 0.25) is 0 Å². The Hall–Kier alpha value is -3.41. The number of nitrogens with zero attached hydrogens (tertiary/aromatic N) is 2. The van der Waals surface area contributed by atoms with E-state index in [9.17, 15) is 9.18 Å². The Bertz CT molecular complexity index is 1090. The molecule has 0 bridgehead atoms. The number of carboxylic acids is 1. The van der Waals surface area contributed by atoms with Crippen molar-refractivity contribution in [2.24, 2.45) is 0 Å². The van der Waals surface area contributed by atoms with Crippen LogP contribution in [0.1, 0.15) is 10.4 Å². The Kier molecular flexibility index (Phi) is 3.16. The lowest BCUT2D eigenvalue weighted by molar-refractivity contribution is 0.0697. The molecule has 0 aliphatic rings. The van der Waals surface area contributed by atoms with E-state index in [2.05, 4.69) is 10.3 Å². The lowest BCUT2D eigenvalue weighted by atomic mass is 10.2. The molecule has 6 heteroatoms. The number of aromatic carboxylic acids is 1. The molecule has 2 aromatic carbocycles. The highest BCUT2D eigenvalue weighted by atomic mass is 19.1. The Labute approximate surface area is 136 Å². The van der Waals surface area contributed by atoms with E-state index in [0.717, 1.165) is 11.0 Å². The van der Waals surface area contributed by atoms with Gasteiger partial charge in [-0.2, -0.15) is 0 Å². The van der Waals surface area contributed by atoms with Crippen molar-refractivity contribution in [3.63, 3.8) is 0 Å². The minimum atomic E-state index is -1.01. The predicted molar refractivity (Wildman–Crippen MR) is 89.3 cm³/mol. The lowest BCUT2D eigenvalue weighted by Crippen LogP contribution is -2.01. The van der Waals surface area contributed by atoms with E-state index in [-0.39, 0.29) is 11.4 Å². The number of hydrogen-bond acceptors (Lipinski definition) is 3. The largest absolute Gasteiger partial charge is 0.478 e. The number of carbonyl (C=O) groups is 1. The molecule has 0 saturated heterocycles. The van der Waals surface area contributed by atoms with E-state index in [4.69, 9.17) is 5.11 Å². The van der Waals surface area contributed by atoms with Gasteiger partial charge in [-0.25, -0.2) is 14.2 Å². The third-order valence-electron chi connectivity index (χ3n) is 3.79. The third kappa shape index (κ3) is 2.34. The van der Waals surface area contributed by atoms with Crippen molar-refractivity contribution in [2.45, 2.75) is 0 Å². The first-order valence-corrected chi connectivity index (χ1v) is 7.28. The maximum absolute atomic E-state index is 13.4. The zero-order valence-corrected chi connectivity index (χ0v) is 12.4. The van der Waals surface area contributed by atoms with Gasteiger partial charge in [-0.1, -0.05) is 6.07 Å². The average Bonchev–Trinajstić information content (AvgIpc) is 3.04. The smallest absolute Gasteiger partial charge is 0.335 e. The molecule has 24 heavy (non-hydrogen) atoms. The highest BCUT2D eigenvalue weighted by Gasteiger charge is 2.11. The molecule has 0 aliphatic carbocycles. The van der Waals surface area contributed by atoms with Crippen molar-refractivity contribution in [1.82, 2.24) is 9.38 Å². The molecule has 0 unspecified atom stereocenters. The molecule has 0 fully saturated rings. The molecule has 4 aromatic rings. The molecular weight excluding hydrogens is 309 g/mol. The third-order valence-corrected chi connectivity index (χ3v) is 3.79. The fraction of sp³-hybridized carbons (Fsp3) is 0. The van der Waals surface area contributed by atoms with E-state index < -0.39 is 5.97 Å². The van der Waals surface area contributed by atoms with E-state index >= 15 is 0 Å². The number of fused-ring (bicyclic) bond motifs is 3. The van der Waals surface area contributed by atoms with Crippen LogP contribution in [0.5, 0.6) is 0 Å². The molecule has 0 atom stereocenters. The first-order valence-electron chi connectivity index (χ1n) is 7.28. The molecule has 0 radical (unpaired) electrons. The van der Waals surface area contributed by atoms with Gasteiger partial charge in [-0.3, -0.25) is 0 Å². The molecule has 2 N–H and O–H groups in total. The summed E-state index contributed by atoms with van der Waals surface area (Å²) in [7, 11) is 0. The van der Waals surface area contributed by atoms with Gasteiger partial charge in [0.25, 0.3) is 0 Å². The highest BCUT2D eigenvalue weighted by molar-refractivity contribution is 5.94. The van der Waals surface area contributed by atoms with E-state index in [1.54, 1.807) is 24.3 Å². The van der Waals surface area contributed by atoms with Gasteiger partial charge in [0.05, 0.1) is 22.1 Å². The SMILES string of the molecule is O=C(O)c1ccc2c(c1)nc(Nc1cccc(F)c1)c1cccn12. The summed E-state index contributed by atoms with van der Waals surface area (Å²) < 4.78 is 15.3. The second-order valence-corrected chi connectivity index (χ2v) is 5.37. The van der Waals surface area contributed by atoms with Gasteiger partial charge < -0.3 is 14.8 Å². The maximum atomic E-state index is 13.4. The van der Waals surface area contributed by atoms with Gasteiger partial charge in [0.2, 0.25) is 0 Å². The lowest BCUT2D eigenvalue weighted by Gasteiger charge is -2.11. The quantitative estimate of drug-likeness (QED) is 0.597. The second kappa shape index (κ2) is 5.34. The molecule has 5 nitrogen and oxygen atoms in total. The van der Waals surface area contributed by atoms with E-state index in [1.807, 2.05) is 22.7 Å². The Morgan fingerprint density at radius 1 is 1.08 bits per heavy atom. The van der Waals surface area contributed by atoms with Crippen LogP contribution in [0.15, 0.2) is 60.8 Å². The molecule has 4 rings (SSSR count). The molecule has 0 saturated carbocycles. The summed E-state index contributed by atoms with van der Waals surface area (Å²) in [5, 5.41) is 12.3. The number of nitrogens with one attached hydrogen (secondary N) is 1. The van der Waals surface area contributed by atoms with Crippen molar-refractivity contribution < 1.29 is 14.3 Å². The molecular formula is C18H12FN3O2. The Morgan fingerprint density at radius 2 is 1.96 bits per heavy atom. The van der Waals surface area contributed by atoms with Gasteiger partial charge in [0.15, 0.2) is 5.82 Å². The number of anilines is 2. The highest BCUT2D eigenvalue weighted by Crippen LogP contribution is 2.26. The molecule has 0 spiro atoms. The number of hydrogen-bond donors (Lipinski definition) is 2. The fourth-order valence-electron chi connectivity index (χ4n) is 2.71. The minimum Gasteiger partial charge on any atom is -0.478 e. The average molecular weight is 321 g/mol. The van der Waals surface area contributed by atoms with Gasteiger partial charge in [-0.05, 0) is 48.5 Å². The van der Waals surface area contributed by atoms with Crippen molar-refractivity contribution >= 4 is 34.0 Å². The number of carboxylic acid groups (broad SMARTS) is 1. The van der Waals surface area contributed by atoms with Gasteiger partial charge in [0.1, 0.15) is 5.82 Å². The molecule has 2 aromatic heterocycles. The van der Waals surface area contributed by atoms with Crippen LogP contribution in [0, 0.1) is 5.82 Å². The topological polar surface area (TPSA) is 66.6 Å². The molecule has 0 amide bonds. The summed E-state index contributed by atoms with van der Waals surface area (Å²) in [6, 6.07) is 14.6. The van der Waals surface area contributed by atoms with Crippen LogP contribution < -0.4 is 5.32 Å². The van der Waals surface area contributed by atoms with Gasteiger partial charge >= 0.3 is 5.97 Å². The number of rotatable bonds is 3. The summed E-state index contributed by atoms with van der Waals surface area (Å²) in [6.07, 6.45) is 1.87. The minimum absolute atomic E-state index is 0.165. The van der Waals surface area contributed by atoms with Crippen molar-refractivity contribution in [3.8, 4) is 0 Å². The number of aromatic nitrogens is 2. The van der Waals surface area contributed by atoms with Gasteiger partial charge in [-0.15, -0.1) is 0 Å². The van der Waals surface area contributed by atoms with Crippen LogP contribution in [-0.4, -0.2) is 20.5 Å². The normalized spacial score (nSPS) is 11.0. The zero-order valence-electron chi connectivity index (χ0n) is 12.4. The first kappa shape index (κ1) is 14.2. The van der Waals surface area contributed by atoms with Crippen LogP contribution in [-0.2, 0) is 0 Å². The maximum Gasteiger partial charge on any atom is 0.335 e. The summed E-state index contributed by atoms with van der Waals surface area (Å²) in [5.74, 6) is -0.827. The first-order chi connectivity index (χ1) is 11.6. The van der Waals surface area contributed by atoms with Crippen molar-refractivity contribution in [3.05, 3.63) is 72.2 Å². The zero-order chi connectivity index (χ0) is 16.7. The summed E-state index contributed by atoms with van der Waals surface area (Å²) >= 11 is 0. The van der Waals surface area contributed by atoms with Crippen LogP contribution in [0.3, 0.4) is 0 Å². The fourth-order valence-corrected chi connectivity index (χ4v) is 2.71. The van der Waals surface area contributed by atoms with E-state index in [1.165, 1.54) is 18.2 Å².